The highest BCUT2D eigenvalue weighted by atomic mass is 16.7. The lowest BCUT2D eigenvalue weighted by atomic mass is 10.2. The number of carbonyl (C=O) groups is 3. The zero-order valence-corrected chi connectivity index (χ0v) is 10.3. The molecule has 0 bridgehead atoms. The van der Waals surface area contributed by atoms with Crippen LogP contribution in [-0.4, -0.2) is 35.5 Å². The van der Waals surface area contributed by atoms with E-state index in [2.05, 4.69) is 10.2 Å². The van der Waals surface area contributed by atoms with E-state index in [4.69, 9.17) is 5.11 Å². The third kappa shape index (κ3) is 5.17. The molecule has 102 valence electrons. The van der Waals surface area contributed by atoms with Crippen LogP contribution in [0.3, 0.4) is 0 Å². The topological polar surface area (TPSA) is 105 Å². The Labute approximate surface area is 109 Å². The lowest BCUT2D eigenvalue weighted by molar-refractivity contribution is -0.149. The monoisotopic (exact) mass is 266 g/mol. The van der Waals surface area contributed by atoms with E-state index >= 15 is 0 Å². The van der Waals surface area contributed by atoms with Gasteiger partial charge in [0.15, 0.2) is 6.61 Å². The molecule has 1 unspecified atom stereocenters. The molecule has 0 saturated heterocycles. The first-order valence-corrected chi connectivity index (χ1v) is 5.50. The van der Waals surface area contributed by atoms with E-state index in [0.717, 1.165) is 0 Å². The summed E-state index contributed by atoms with van der Waals surface area (Å²) in [5, 5.41) is 10.8. The molecule has 0 heterocycles. The molecule has 19 heavy (non-hydrogen) atoms. The fourth-order valence-corrected chi connectivity index (χ4v) is 1.19. The number of carboxylic acid groups (broad SMARTS) is 1. The van der Waals surface area contributed by atoms with E-state index in [9.17, 15) is 14.4 Å². The van der Waals surface area contributed by atoms with Crippen LogP contribution in [0.1, 0.15) is 17.3 Å². The number of hydrogen-bond acceptors (Lipinski definition) is 4. The number of hydroxylamine groups is 1. The van der Waals surface area contributed by atoms with Crippen LogP contribution in [-0.2, 0) is 14.4 Å². The van der Waals surface area contributed by atoms with E-state index in [1.807, 2.05) is 5.48 Å². The van der Waals surface area contributed by atoms with Gasteiger partial charge in [-0.2, -0.15) is 0 Å². The molecule has 7 heteroatoms. The van der Waals surface area contributed by atoms with Crippen LogP contribution in [0, 0.1) is 0 Å². The fourth-order valence-electron chi connectivity index (χ4n) is 1.19. The quantitative estimate of drug-likeness (QED) is 0.625. The number of amides is 2. The summed E-state index contributed by atoms with van der Waals surface area (Å²) in [6, 6.07) is 7.56. The maximum atomic E-state index is 11.7. The summed E-state index contributed by atoms with van der Waals surface area (Å²) < 4.78 is 0. The normalized spacial score (nSPS) is 11.4. The van der Waals surface area contributed by atoms with Gasteiger partial charge >= 0.3 is 5.97 Å². The van der Waals surface area contributed by atoms with Crippen molar-refractivity contribution in [1.82, 2.24) is 10.8 Å². The van der Waals surface area contributed by atoms with Crippen LogP contribution in [0.15, 0.2) is 30.3 Å². The van der Waals surface area contributed by atoms with Gasteiger partial charge in [0, 0.05) is 5.56 Å². The molecule has 1 aromatic rings. The Kier molecular flexibility index (Phi) is 5.49. The molecule has 0 aromatic heterocycles. The number of aliphatic carboxylic acids is 1. The predicted octanol–water partition coefficient (Wildman–Crippen LogP) is -0.0627. The van der Waals surface area contributed by atoms with Crippen molar-refractivity contribution in [3.8, 4) is 0 Å². The largest absolute Gasteiger partial charge is 0.479 e. The first-order chi connectivity index (χ1) is 9.00. The molecule has 1 atom stereocenters. The van der Waals surface area contributed by atoms with Gasteiger partial charge in [-0.1, -0.05) is 18.2 Å². The Bertz CT molecular complexity index is 460. The highest BCUT2D eigenvalue weighted by molar-refractivity contribution is 5.97. The van der Waals surface area contributed by atoms with Gasteiger partial charge in [0.05, 0.1) is 0 Å². The third-order valence-corrected chi connectivity index (χ3v) is 2.15. The Morgan fingerprint density at radius 3 is 2.47 bits per heavy atom. The number of rotatable bonds is 6. The van der Waals surface area contributed by atoms with Gasteiger partial charge in [0.25, 0.3) is 11.8 Å². The number of hydrogen-bond donors (Lipinski definition) is 3. The number of carbonyl (C=O) groups excluding carboxylic acids is 2. The predicted molar refractivity (Wildman–Crippen MR) is 65.1 cm³/mol. The zero-order valence-electron chi connectivity index (χ0n) is 10.3. The Hall–Kier alpha value is -2.41. The molecule has 0 saturated carbocycles. The summed E-state index contributed by atoms with van der Waals surface area (Å²) in [7, 11) is 0. The van der Waals surface area contributed by atoms with Crippen LogP contribution in [0.2, 0.25) is 0 Å². The van der Waals surface area contributed by atoms with Crippen molar-refractivity contribution in [3.63, 3.8) is 0 Å². The van der Waals surface area contributed by atoms with E-state index in [1.165, 1.54) is 6.92 Å². The molecular weight excluding hydrogens is 252 g/mol. The molecule has 2 amide bonds. The van der Waals surface area contributed by atoms with Crippen molar-refractivity contribution in [2.45, 2.75) is 13.0 Å². The van der Waals surface area contributed by atoms with E-state index in [0.29, 0.717) is 5.56 Å². The van der Waals surface area contributed by atoms with Crippen molar-refractivity contribution in [2.75, 3.05) is 6.61 Å². The fraction of sp³-hybridized carbons (Fsp3) is 0.250. The van der Waals surface area contributed by atoms with Crippen molar-refractivity contribution < 1.29 is 24.3 Å². The molecule has 7 nitrogen and oxygen atoms in total. The first-order valence-electron chi connectivity index (χ1n) is 5.50. The minimum absolute atomic E-state index is 0.401. The Morgan fingerprint density at radius 1 is 1.26 bits per heavy atom. The molecule has 0 radical (unpaired) electrons. The summed E-state index contributed by atoms with van der Waals surface area (Å²) in [5.41, 5.74) is 2.36. The van der Waals surface area contributed by atoms with Gasteiger partial charge in [-0.25, -0.2) is 10.3 Å². The maximum Gasteiger partial charge on any atom is 0.332 e. The molecule has 0 aliphatic rings. The first kappa shape index (κ1) is 14.7. The Morgan fingerprint density at radius 2 is 1.89 bits per heavy atom. The molecule has 1 aromatic carbocycles. The lowest BCUT2D eigenvalue weighted by Crippen LogP contribution is -2.45. The van der Waals surface area contributed by atoms with Crippen molar-refractivity contribution >= 4 is 17.8 Å². The zero-order chi connectivity index (χ0) is 14.3. The second-order valence-electron chi connectivity index (χ2n) is 3.71. The molecule has 0 aliphatic carbocycles. The van der Waals surface area contributed by atoms with Gasteiger partial charge in [-0.15, -0.1) is 0 Å². The highest BCUT2D eigenvalue weighted by Gasteiger charge is 2.16. The molecule has 3 N–H and O–H groups in total. The second-order valence-corrected chi connectivity index (χ2v) is 3.71. The summed E-state index contributed by atoms with van der Waals surface area (Å²) in [5.74, 6) is -2.24. The van der Waals surface area contributed by atoms with Crippen LogP contribution < -0.4 is 10.8 Å². The average Bonchev–Trinajstić information content (AvgIpc) is 2.39. The number of nitrogens with one attached hydrogen (secondary N) is 2. The standard InChI is InChI=1S/C12H14N2O5/c1-8(11(17)14-19-7-10(15)16)13-12(18)9-5-3-2-4-6-9/h2-6,8H,7H2,1H3,(H,13,18)(H,14,17)(H,15,16). The summed E-state index contributed by atoms with van der Waals surface area (Å²) in [6.07, 6.45) is 0. The molecule has 0 aliphatic heterocycles. The summed E-state index contributed by atoms with van der Waals surface area (Å²) in [6.45, 7) is 0.811. The molecule has 0 spiro atoms. The second kappa shape index (κ2) is 7.12. The third-order valence-electron chi connectivity index (χ3n) is 2.15. The summed E-state index contributed by atoms with van der Waals surface area (Å²) >= 11 is 0. The van der Waals surface area contributed by atoms with Crippen molar-refractivity contribution in [1.29, 1.82) is 0 Å². The van der Waals surface area contributed by atoms with Crippen LogP contribution in [0.5, 0.6) is 0 Å². The van der Waals surface area contributed by atoms with E-state index in [1.54, 1.807) is 30.3 Å². The van der Waals surface area contributed by atoms with E-state index in [-0.39, 0.29) is 0 Å². The minimum Gasteiger partial charge on any atom is -0.479 e. The van der Waals surface area contributed by atoms with Crippen LogP contribution in [0.25, 0.3) is 0 Å². The Balaban J connectivity index is 2.41. The lowest BCUT2D eigenvalue weighted by Gasteiger charge is -2.13. The van der Waals surface area contributed by atoms with Crippen LogP contribution >= 0.6 is 0 Å². The highest BCUT2D eigenvalue weighted by Crippen LogP contribution is 1.98. The minimum atomic E-state index is -1.21. The number of carboxylic acids is 1. The SMILES string of the molecule is CC(NC(=O)c1ccccc1)C(=O)NOCC(=O)O. The van der Waals surface area contributed by atoms with Crippen molar-refractivity contribution in [3.05, 3.63) is 35.9 Å². The van der Waals surface area contributed by atoms with Crippen molar-refractivity contribution in [2.24, 2.45) is 0 Å². The number of benzene rings is 1. The van der Waals surface area contributed by atoms with E-state index < -0.39 is 30.4 Å². The smallest absolute Gasteiger partial charge is 0.332 e. The van der Waals surface area contributed by atoms with Gasteiger partial charge in [-0.3, -0.25) is 14.4 Å². The average molecular weight is 266 g/mol. The van der Waals surface area contributed by atoms with Gasteiger partial charge < -0.3 is 10.4 Å². The molecular formula is C12H14N2O5. The van der Waals surface area contributed by atoms with Gasteiger partial charge in [-0.05, 0) is 19.1 Å². The van der Waals surface area contributed by atoms with Crippen LogP contribution in [0.4, 0.5) is 0 Å². The maximum absolute atomic E-state index is 11.7. The van der Waals surface area contributed by atoms with Gasteiger partial charge in [0.1, 0.15) is 6.04 Å². The summed E-state index contributed by atoms with van der Waals surface area (Å²) in [4.78, 5) is 37.7. The molecule has 1 rings (SSSR count). The molecule has 0 fully saturated rings. The van der Waals surface area contributed by atoms with Gasteiger partial charge in [0.2, 0.25) is 0 Å².